The standard InChI is InChI=1S/C15H17F2NO3/c16-15(17)21-13-6-2-1-4-11(13)7-8-14(19)18-10-12-5-3-9-20-12/h1-2,4,6-8,12,15H,3,5,9-10H2,(H,18,19)/b8-7+. The normalized spacial score (nSPS) is 18.3. The number of hydrogen-bond donors (Lipinski definition) is 1. The lowest BCUT2D eigenvalue weighted by Gasteiger charge is -2.09. The fourth-order valence-corrected chi connectivity index (χ4v) is 2.07. The van der Waals surface area contributed by atoms with Crippen molar-refractivity contribution in [3.8, 4) is 5.75 Å². The van der Waals surface area contributed by atoms with Gasteiger partial charge in [-0.25, -0.2) is 0 Å². The molecule has 1 atom stereocenters. The van der Waals surface area contributed by atoms with Gasteiger partial charge in [0.05, 0.1) is 6.10 Å². The molecule has 0 radical (unpaired) electrons. The quantitative estimate of drug-likeness (QED) is 0.821. The highest BCUT2D eigenvalue weighted by atomic mass is 19.3. The highest BCUT2D eigenvalue weighted by Gasteiger charge is 2.15. The lowest BCUT2D eigenvalue weighted by molar-refractivity contribution is -0.116. The van der Waals surface area contributed by atoms with E-state index in [0.29, 0.717) is 12.1 Å². The summed E-state index contributed by atoms with van der Waals surface area (Å²) in [4.78, 5) is 11.7. The molecule has 0 aliphatic carbocycles. The molecule has 0 aromatic heterocycles. The Bertz CT molecular complexity index is 499. The maximum Gasteiger partial charge on any atom is 0.387 e. The molecule has 1 aliphatic rings. The number of ether oxygens (including phenoxy) is 2. The maximum atomic E-state index is 12.3. The van der Waals surface area contributed by atoms with Crippen LogP contribution in [0.2, 0.25) is 0 Å². The summed E-state index contributed by atoms with van der Waals surface area (Å²) in [6, 6.07) is 6.30. The number of hydrogen-bond acceptors (Lipinski definition) is 3. The van der Waals surface area contributed by atoms with Crippen LogP contribution in [-0.2, 0) is 9.53 Å². The Morgan fingerprint density at radius 1 is 1.48 bits per heavy atom. The SMILES string of the molecule is O=C(/C=C/c1ccccc1OC(F)F)NCC1CCCO1. The van der Waals surface area contributed by atoms with E-state index in [1.165, 1.54) is 18.2 Å². The van der Waals surface area contributed by atoms with Crippen molar-refractivity contribution in [2.75, 3.05) is 13.2 Å². The van der Waals surface area contributed by atoms with Gasteiger partial charge in [-0.1, -0.05) is 18.2 Å². The van der Waals surface area contributed by atoms with Crippen molar-refractivity contribution in [2.45, 2.75) is 25.6 Å². The highest BCUT2D eigenvalue weighted by molar-refractivity contribution is 5.92. The Kier molecular flexibility index (Phi) is 5.68. The molecule has 1 aromatic carbocycles. The molecule has 1 saturated heterocycles. The smallest absolute Gasteiger partial charge is 0.387 e. The first-order valence-corrected chi connectivity index (χ1v) is 6.76. The second-order valence-corrected chi connectivity index (χ2v) is 4.63. The van der Waals surface area contributed by atoms with Crippen molar-refractivity contribution in [3.05, 3.63) is 35.9 Å². The summed E-state index contributed by atoms with van der Waals surface area (Å²) in [7, 11) is 0. The van der Waals surface area contributed by atoms with E-state index in [2.05, 4.69) is 10.1 Å². The summed E-state index contributed by atoms with van der Waals surface area (Å²) in [6.45, 7) is -1.71. The molecular formula is C15H17F2NO3. The van der Waals surface area contributed by atoms with E-state index in [1.54, 1.807) is 18.2 Å². The van der Waals surface area contributed by atoms with Crippen LogP contribution < -0.4 is 10.1 Å². The van der Waals surface area contributed by atoms with E-state index in [-0.39, 0.29) is 17.8 Å². The molecule has 0 saturated carbocycles. The first-order valence-electron chi connectivity index (χ1n) is 6.76. The number of alkyl halides is 2. The number of benzene rings is 1. The first kappa shape index (κ1) is 15.4. The summed E-state index contributed by atoms with van der Waals surface area (Å²) in [5.41, 5.74) is 0.421. The van der Waals surface area contributed by atoms with Crippen LogP contribution in [0.1, 0.15) is 18.4 Å². The molecule has 21 heavy (non-hydrogen) atoms. The van der Waals surface area contributed by atoms with Crippen LogP contribution in [0.3, 0.4) is 0 Å². The lowest BCUT2D eigenvalue weighted by Crippen LogP contribution is -2.30. The zero-order chi connectivity index (χ0) is 15.1. The van der Waals surface area contributed by atoms with Crippen LogP contribution in [-0.4, -0.2) is 31.8 Å². The second-order valence-electron chi connectivity index (χ2n) is 4.63. The molecule has 1 amide bonds. The molecular weight excluding hydrogens is 280 g/mol. The molecule has 114 valence electrons. The zero-order valence-electron chi connectivity index (χ0n) is 11.4. The summed E-state index contributed by atoms with van der Waals surface area (Å²) in [5, 5.41) is 2.72. The third-order valence-corrected chi connectivity index (χ3v) is 3.08. The van der Waals surface area contributed by atoms with Crippen LogP contribution in [0, 0.1) is 0 Å². The second kappa shape index (κ2) is 7.73. The number of halogens is 2. The molecule has 1 unspecified atom stereocenters. The van der Waals surface area contributed by atoms with Crippen LogP contribution >= 0.6 is 0 Å². The molecule has 1 aromatic rings. The van der Waals surface area contributed by atoms with E-state index in [0.717, 1.165) is 19.4 Å². The predicted molar refractivity (Wildman–Crippen MR) is 74.1 cm³/mol. The summed E-state index contributed by atoms with van der Waals surface area (Å²) in [6.07, 6.45) is 4.76. The van der Waals surface area contributed by atoms with Crippen molar-refractivity contribution in [2.24, 2.45) is 0 Å². The van der Waals surface area contributed by atoms with Gasteiger partial charge < -0.3 is 14.8 Å². The van der Waals surface area contributed by atoms with Crippen molar-refractivity contribution in [1.29, 1.82) is 0 Å². The van der Waals surface area contributed by atoms with Gasteiger partial charge in [-0.05, 0) is 25.0 Å². The molecule has 0 spiro atoms. The van der Waals surface area contributed by atoms with Gasteiger partial charge in [-0.2, -0.15) is 8.78 Å². The van der Waals surface area contributed by atoms with Crippen LogP contribution in [0.25, 0.3) is 6.08 Å². The molecule has 0 bridgehead atoms. The molecule has 4 nitrogen and oxygen atoms in total. The van der Waals surface area contributed by atoms with Crippen molar-refractivity contribution >= 4 is 12.0 Å². The van der Waals surface area contributed by atoms with Gasteiger partial charge in [-0.15, -0.1) is 0 Å². The van der Waals surface area contributed by atoms with E-state index >= 15 is 0 Å². The minimum absolute atomic E-state index is 0.0377. The largest absolute Gasteiger partial charge is 0.434 e. The van der Waals surface area contributed by atoms with Gasteiger partial charge in [0.2, 0.25) is 5.91 Å². The molecule has 1 fully saturated rings. The molecule has 6 heteroatoms. The Hall–Kier alpha value is -1.95. The van der Waals surface area contributed by atoms with Crippen molar-refractivity contribution < 1.29 is 23.0 Å². The molecule has 1 aliphatic heterocycles. The van der Waals surface area contributed by atoms with Gasteiger partial charge in [0, 0.05) is 24.8 Å². The highest BCUT2D eigenvalue weighted by Crippen LogP contribution is 2.21. The van der Waals surface area contributed by atoms with E-state index in [9.17, 15) is 13.6 Å². The fraction of sp³-hybridized carbons (Fsp3) is 0.400. The van der Waals surface area contributed by atoms with Gasteiger partial charge in [0.25, 0.3) is 0 Å². The fourth-order valence-electron chi connectivity index (χ4n) is 2.07. The van der Waals surface area contributed by atoms with Gasteiger partial charge in [0.15, 0.2) is 0 Å². The van der Waals surface area contributed by atoms with E-state index < -0.39 is 6.61 Å². The van der Waals surface area contributed by atoms with Crippen molar-refractivity contribution in [3.63, 3.8) is 0 Å². The number of rotatable bonds is 6. The molecule has 2 rings (SSSR count). The zero-order valence-corrected chi connectivity index (χ0v) is 11.4. The lowest BCUT2D eigenvalue weighted by atomic mass is 10.2. The Balaban J connectivity index is 1.88. The van der Waals surface area contributed by atoms with Crippen LogP contribution in [0.15, 0.2) is 30.3 Å². The number of para-hydroxylation sites is 1. The number of carbonyl (C=O) groups is 1. The van der Waals surface area contributed by atoms with Crippen LogP contribution in [0.4, 0.5) is 8.78 Å². The van der Waals surface area contributed by atoms with Crippen molar-refractivity contribution in [1.82, 2.24) is 5.32 Å². The number of amides is 1. The molecule has 1 heterocycles. The van der Waals surface area contributed by atoms with Gasteiger partial charge in [0.1, 0.15) is 5.75 Å². The summed E-state index contributed by atoms with van der Waals surface area (Å²) >= 11 is 0. The minimum atomic E-state index is -2.90. The van der Waals surface area contributed by atoms with E-state index in [4.69, 9.17) is 4.74 Å². The topological polar surface area (TPSA) is 47.6 Å². The molecule has 1 N–H and O–H groups in total. The predicted octanol–water partition coefficient (Wildman–Crippen LogP) is 2.60. The first-order chi connectivity index (χ1) is 10.1. The minimum Gasteiger partial charge on any atom is -0.434 e. The average Bonchev–Trinajstić information content (AvgIpc) is 2.97. The maximum absolute atomic E-state index is 12.3. The third-order valence-electron chi connectivity index (χ3n) is 3.08. The van der Waals surface area contributed by atoms with Crippen LogP contribution in [0.5, 0.6) is 5.75 Å². The van der Waals surface area contributed by atoms with Gasteiger partial charge in [-0.3, -0.25) is 4.79 Å². The summed E-state index contributed by atoms with van der Waals surface area (Å²) in [5.74, 6) is -0.256. The number of carbonyl (C=O) groups excluding carboxylic acids is 1. The Labute approximate surface area is 121 Å². The summed E-state index contributed by atoms with van der Waals surface area (Å²) < 4.78 is 34.3. The Morgan fingerprint density at radius 3 is 3.00 bits per heavy atom. The number of nitrogens with one attached hydrogen (secondary N) is 1. The monoisotopic (exact) mass is 297 g/mol. The van der Waals surface area contributed by atoms with E-state index in [1.807, 2.05) is 0 Å². The third kappa shape index (κ3) is 5.15. The Morgan fingerprint density at radius 2 is 2.29 bits per heavy atom. The van der Waals surface area contributed by atoms with Gasteiger partial charge >= 0.3 is 6.61 Å². The average molecular weight is 297 g/mol.